The first-order valence-corrected chi connectivity index (χ1v) is 18.0. The third-order valence-electron chi connectivity index (χ3n) is 6.25. The van der Waals surface area contributed by atoms with Gasteiger partial charge in [-0.2, -0.15) is 11.8 Å². The van der Waals surface area contributed by atoms with Crippen molar-refractivity contribution >= 4 is 25.7 Å². The van der Waals surface area contributed by atoms with Gasteiger partial charge in [0, 0.05) is 5.25 Å². The molecule has 0 bridgehead atoms. The number of carbonyl (C=O) groups excluding carboxylic acids is 1. The highest BCUT2D eigenvalue weighted by Gasteiger charge is 2.37. The lowest BCUT2D eigenvalue weighted by molar-refractivity contribution is 0.0401. The third kappa shape index (κ3) is 22.6. The van der Waals surface area contributed by atoms with Crippen LogP contribution in [0.4, 0.5) is 4.79 Å². The number of phosphoric acid groups is 1. The van der Waals surface area contributed by atoms with Gasteiger partial charge in [-0.25, -0.2) is 9.36 Å². The first kappa shape index (κ1) is 37.8. The second kappa shape index (κ2) is 23.5. The van der Waals surface area contributed by atoms with Crippen LogP contribution in [0.1, 0.15) is 151 Å². The summed E-state index contributed by atoms with van der Waals surface area (Å²) >= 11 is 1.89. The summed E-state index contributed by atoms with van der Waals surface area (Å²) in [6.45, 7) is 14.5. The van der Waals surface area contributed by atoms with E-state index in [1.807, 2.05) is 46.4 Å². The first-order chi connectivity index (χ1) is 18.1. The van der Waals surface area contributed by atoms with Crippen molar-refractivity contribution in [3.05, 3.63) is 0 Å². The zero-order valence-electron chi connectivity index (χ0n) is 25.9. The highest BCUT2D eigenvalue weighted by atomic mass is 32.2. The van der Waals surface area contributed by atoms with Gasteiger partial charge in [-0.15, -0.1) is 0 Å². The molecule has 8 heteroatoms. The van der Waals surface area contributed by atoms with E-state index in [-0.39, 0.29) is 30.0 Å². The van der Waals surface area contributed by atoms with Crippen molar-refractivity contribution in [3.63, 3.8) is 0 Å². The molecule has 0 amide bonds. The number of hydrogen-bond acceptors (Lipinski definition) is 7. The Hall–Kier alpha value is -0.230. The number of hydrogen-bond donors (Lipinski definition) is 0. The molecule has 228 valence electrons. The van der Waals surface area contributed by atoms with Gasteiger partial charge >= 0.3 is 14.0 Å². The summed E-state index contributed by atoms with van der Waals surface area (Å²) in [7, 11) is -4.09. The van der Waals surface area contributed by atoms with Crippen LogP contribution in [-0.4, -0.2) is 36.5 Å². The summed E-state index contributed by atoms with van der Waals surface area (Å²) in [6, 6.07) is 0. The number of unbranched alkanes of at least 4 members (excludes halogenated alkanes) is 12. The maximum atomic E-state index is 13.4. The fourth-order valence-electron chi connectivity index (χ4n) is 4.00. The van der Waals surface area contributed by atoms with Crippen LogP contribution >= 0.6 is 19.6 Å². The van der Waals surface area contributed by atoms with Crippen molar-refractivity contribution in [2.75, 3.05) is 19.0 Å². The van der Waals surface area contributed by atoms with Gasteiger partial charge in [0.2, 0.25) is 0 Å². The van der Waals surface area contributed by atoms with Gasteiger partial charge in [-0.05, 0) is 37.4 Å². The minimum Gasteiger partial charge on any atom is -0.433 e. The van der Waals surface area contributed by atoms with E-state index < -0.39 is 14.0 Å². The monoisotopic (exact) mass is 580 g/mol. The Morgan fingerprint density at radius 3 is 1.84 bits per heavy atom. The normalized spacial score (nSPS) is 15.1. The van der Waals surface area contributed by atoms with E-state index in [0.29, 0.717) is 6.42 Å². The van der Waals surface area contributed by atoms with E-state index in [0.717, 1.165) is 18.6 Å². The van der Waals surface area contributed by atoms with E-state index in [9.17, 15) is 9.36 Å². The van der Waals surface area contributed by atoms with Crippen LogP contribution < -0.4 is 0 Å². The highest BCUT2D eigenvalue weighted by Crippen LogP contribution is 2.52. The van der Waals surface area contributed by atoms with Crippen molar-refractivity contribution < 1.29 is 27.7 Å². The topological polar surface area (TPSA) is 71.1 Å². The van der Waals surface area contributed by atoms with E-state index in [1.165, 1.54) is 83.5 Å². The SMILES string of the molecule is CCCCCCCCCCCSC(CCCCCCC)C(C)OP(=O)(OCCC)OC(=O)OCC(C)(C)C. The Morgan fingerprint density at radius 1 is 0.789 bits per heavy atom. The molecule has 3 unspecified atom stereocenters. The maximum absolute atomic E-state index is 13.4. The minimum atomic E-state index is -4.09. The number of ether oxygens (including phenoxy) is 1. The average molecular weight is 581 g/mol. The second-order valence-electron chi connectivity index (χ2n) is 11.7. The van der Waals surface area contributed by atoms with E-state index in [4.69, 9.17) is 18.3 Å². The van der Waals surface area contributed by atoms with E-state index in [1.54, 1.807) is 0 Å². The molecule has 0 N–H and O–H groups in total. The van der Waals surface area contributed by atoms with Crippen LogP contribution in [-0.2, 0) is 22.9 Å². The number of rotatable bonds is 25. The summed E-state index contributed by atoms with van der Waals surface area (Å²) < 4.78 is 35.1. The molecular formula is C30H61O6PS. The molecule has 0 aliphatic rings. The fourth-order valence-corrected chi connectivity index (χ4v) is 6.76. The molecular weight excluding hydrogens is 519 g/mol. The molecule has 0 aliphatic carbocycles. The fraction of sp³-hybridized carbons (Fsp3) is 0.967. The predicted octanol–water partition coefficient (Wildman–Crippen LogP) is 11.1. The van der Waals surface area contributed by atoms with E-state index in [2.05, 4.69) is 13.8 Å². The molecule has 0 fully saturated rings. The Labute approximate surface area is 240 Å². The molecule has 0 saturated carbocycles. The average Bonchev–Trinajstić information content (AvgIpc) is 2.85. The van der Waals surface area contributed by atoms with Crippen molar-refractivity contribution in [1.82, 2.24) is 0 Å². The largest absolute Gasteiger partial charge is 0.534 e. The molecule has 0 spiro atoms. The lowest BCUT2D eigenvalue weighted by Crippen LogP contribution is -2.25. The third-order valence-corrected chi connectivity index (χ3v) is 9.29. The molecule has 3 atom stereocenters. The van der Waals surface area contributed by atoms with Gasteiger partial charge in [-0.3, -0.25) is 9.05 Å². The molecule has 6 nitrogen and oxygen atoms in total. The van der Waals surface area contributed by atoms with Gasteiger partial charge in [0.05, 0.1) is 19.3 Å². The Morgan fingerprint density at radius 2 is 1.32 bits per heavy atom. The molecule has 38 heavy (non-hydrogen) atoms. The molecule has 0 saturated heterocycles. The van der Waals surface area contributed by atoms with Crippen molar-refractivity contribution in [2.24, 2.45) is 5.41 Å². The van der Waals surface area contributed by atoms with Crippen LogP contribution in [0.5, 0.6) is 0 Å². The number of phosphoric ester groups is 1. The quantitative estimate of drug-likeness (QED) is 0.0604. The summed E-state index contributed by atoms with van der Waals surface area (Å²) in [4.78, 5) is 12.3. The van der Waals surface area contributed by atoms with Gasteiger partial charge in [-0.1, -0.05) is 125 Å². The van der Waals surface area contributed by atoms with Gasteiger partial charge in [0.25, 0.3) is 0 Å². The van der Waals surface area contributed by atoms with Crippen molar-refractivity contribution in [2.45, 2.75) is 163 Å². The Balaban J connectivity index is 4.88. The molecule has 0 aliphatic heterocycles. The summed E-state index contributed by atoms with van der Waals surface area (Å²) in [5, 5.41) is 0.165. The van der Waals surface area contributed by atoms with Crippen molar-refractivity contribution in [1.29, 1.82) is 0 Å². The Kier molecular flexibility index (Phi) is 23.3. The highest BCUT2D eigenvalue weighted by molar-refractivity contribution is 7.99. The standard InChI is InChI=1S/C30H61O6PS/c1-8-11-13-15-16-17-18-20-22-25-38-28(23-21-19-14-12-9-2)27(4)35-37(32,34-24-10-3)36-29(31)33-26-30(5,6)7/h27-28H,8-26H2,1-7H3. The molecule has 0 aromatic rings. The predicted molar refractivity (Wildman–Crippen MR) is 163 cm³/mol. The first-order valence-electron chi connectivity index (χ1n) is 15.5. The van der Waals surface area contributed by atoms with Crippen LogP contribution in [0.15, 0.2) is 0 Å². The Bertz CT molecular complexity index is 610. The molecule has 0 heterocycles. The summed E-state index contributed by atoms with van der Waals surface area (Å²) in [6.07, 6.45) is 18.0. The smallest absolute Gasteiger partial charge is 0.433 e. The maximum Gasteiger partial charge on any atom is 0.534 e. The summed E-state index contributed by atoms with van der Waals surface area (Å²) in [5.74, 6) is 1.05. The summed E-state index contributed by atoms with van der Waals surface area (Å²) in [5.41, 5.74) is -0.226. The van der Waals surface area contributed by atoms with Crippen LogP contribution in [0.3, 0.4) is 0 Å². The lowest BCUT2D eigenvalue weighted by Gasteiger charge is -2.27. The van der Waals surface area contributed by atoms with E-state index >= 15 is 0 Å². The molecule has 0 radical (unpaired) electrons. The van der Waals surface area contributed by atoms with Gasteiger partial charge < -0.3 is 9.26 Å². The molecule has 0 rings (SSSR count). The number of carbonyl (C=O) groups is 1. The van der Waals surface area contributed by atoms with Gasteiger partial charge in [0.15, 0.2) is 0 Å². The lowest BCUT2D eigenvalue weighted by atomic mass is 9.99. The van der Waals surface area contributed by atoms with Crippen LogP contribution in [0.25, 0.3) is 0 Å². The second-order valence-corrected chi connectivity index (χ2v) is 14.6. The minimum absolute atomic E-state index is 0.157. The zero-order chi connectivity index (χ0) is 28.7. The van der Waals surface area contributed by atoms with Crippen molar-refractivity contribution in [3.8, 4) is 0 Å². The van der Waals surface area contributed by atoms with Crippen LogP contribution in [0.2, 0.25) is 0 Å². The zero-order valence-corrected chi connectivity index (χ0v) is 27.6. The molecule has 0 aromatic heterocycles. The van der Waals surface area contributed by atoms with Crippen LogP contribution in [0, 0.1) is 5.41 Å². The van der Waals surface area contributed by atoms with Gasteiger partial charge in [0.1, 0.15) is 0 Å². The molecule has 0 aromatic carbocycles. The number of thioether (sulfide) groups is 1.